The van der Waals surface area contributed by atoms with Crippen LogP contribution in [0.1, 0.15) is 36.4 Å². The zero-order chi connectivity index (χ0) is 18.7. The fourth-order valence-corrected chi connectivity index (χ4v) is 5.20. The van der Waals surface area contributed by atoms with Gasteiger partial charge in [-0.05, 0) is 25.8 Å². The van der Waals surface area contributed by atoms with E-state index >= 15 is 0 Å². The van der Waals surface area contributed by atoms with E-state index < -0.39 is 15.3 Å². The quantitative estimate of drug-likeness (QED) is 0.818. The predicted octanol–water partition coefficient (Wildman–Crippen LogP) is 2.81. The highest BCUT2D eigenvalue weighted by Gasteiger charge is 2.31. The molecular weight excluding hydrogens is 370 g/mol. The van der Waals surface area contributed by atoms with Gasteiger partial charge in [-0.25, -0.2) is 13.4 Å². The molecule has 1 aromatic carbocycles. The Bertz CT molecular complexity index is 876. The number of carbonyl (C=O) groups excluding carboxylic acids is 1. The molecule has 1 aliphatic rings. The number of aromatic nitrogens is 1. The molecule has 6 nitrogen and oxygen atoms in total. The predicted molar refractivity (Wildman–Crippen MR) is 104 cm³/mol. The van der Waals surface area contributed by atoms with Gasteiger partial charge in [0.2, 0.25) is 15.9 Å². The lowest BCUT2D eigenvalue weighted by molar-refractivity contribution is -0.116. The molecule has 8 heteroatoms. The Hall–Kier alpha value is -1.77. The molecule has 0 radical (unpaired) electrons. The third-order valence-electron chi connectivity index (χ3n) is 4.38. The van der Waals surface area contributed by atoms with Crippen molar-refractivity contribution in [2.24, 2.45) is 0 Å². The smallest absolute Gasteiger partial charge is 0.226 e. The molecule has 0 unspecified atom stereocenters. The summed E-state index contributed by atoms with van der Waals surface area (Å²) in [6.07, 6.45) is 1.65. The summed E-state index contributed by atoms with van der Waals surface area (Å²) in [5.74, 6) is -0.0772. The molecule has 2 heterocycles. The molecule has 0 aliphatic carbocycles. The van der Waals surface area contributed by atoms with Crippen LogP contribution in [0.25, 0.3) is 0 Å². The Labute approximate surface area is 158 Å². The van der Waals surface area contributed by atoms with Crippen LogP contribution in [-0.2, 0) is 34.2 Å². The zero-order valence-corrected chi connectivity index (χ0v) is 16.6. The van der Waals surface area contributed by atoms with Gasteiger partial charge >= 0.3 is 0 Å². The molecule has 1 aromatic heterocycles. The number of hydrogen-bond donors (Lipinski definition) is 1. The van der Waals surface area contributed by atoms with Crippen LogP contribution in [0.4, 0.5) is 5.13 Å². The van der Waals surface area contributed by atoms with Crippen molar-refractivity contribution in [2.45, 2.75) is 44.9 Å². The maximum absolute atomic E-state index is 12.3. The zero-order valence-electron chi connectivity index (χ0n) is 14.9. The third kappa shape index (κ3) is 4.31. The number of thiazole rings is 1. The number of nitrogens with zero attached hydrogens (tertiary/aromatic N) is 2. The second kappa shape index (κ2) is 7.85. The fraction of sp³-hybridized carbons (Fsp3) is 0.444. The molecule has 26 heavy (non-hydrogen) atoms. The average molecular weight is 394 g/mol. The molecule has 0 saturated carbocycles. The number of hydrogen-bond acceptors (Lipinski definition) is 5. The van der Waals surface area contributed by atoms with Crippen LogP contribution in [0.15, 0.2) is 30.3 Å². The van der Waals surface area contributed by atoms with Crippen molar-refractivity contribution in [3.63, 3.8) is 0 Å². The van der Waals surface area contributed by atoms with Crippen LogP contribution in [0.3, 0.4) is 0 Å². The molecule has 140 valence electrons. The van der Waals surface area contributed by atoms with E-state index in [-0.39, 0.29) is 5.91 Å². The average Bonchev–Trinajstić information content (AvgIpc) is 3.02. The van der Waals surface area contributed by atoms with Gasteiger partial charge in [-0.2, -0.15) is 4.31 Å². The summed E-state index contributed by atoms with van der Waals surface area (Å²) in [7, 11) is -3.27. The molecule has 2 aromatic rings. The number of benzene rings is 1. The highest BCUT2D eigenvalue weighted by molar-refractivity contribution is 7.89. The highest BCUT2D eigenvalue weighted by Crippen LogP contribution is 2.30. The number of amides is 1. The van der Waals surface area contributed by atoms with Gasteiger partial charge in [0.1, 0.15) is 0 Å². The number of aryl methyl sites for hydroxylation is 1. The Balaban J connectivity index is 1.60. The van der Waals surface area contributed by atoms with E-state index in [0.29, 0.717) is 37.5 Å². The van der Waals surface area contributed by atoms with Gasteiger partial charge in [-0.3, -0.25) is 4.79 Å². The van der Waals surface area contributed by atoms with Gasteiger partial charge in [-0.1, -0.05) is 30.3 Å². The molecule has 0 atom stereocenters. The van der Waals surface area contributed by atoms with E-state index in [1.807, 2.05) is 30.3 Å². The third-order valence-corrected chi connectivity index (χ3v) is 7.60. The lowest BCUT2D eigenvalue weighted by Crippen LogP contribution is -2.39. The highest BCUT2D eigenvalue weighted by atomic mass is 32.2. The summed E-state index contributed by atoms with van der Waals surface area (Å²) < 4.78 is 26.2. The molecular formula is C18H23N3O3S2. The first-order chi connectivity index (χ1) is 12.4. The van der Waals surface area contributed by atoms with Gasteiger partial charge in [0.25, 0.3) is 0 Å². The molecule has 0 fully saturated rings. The van der Waals surface area contributed by atoms with Crippen LogP contribution in [0, 0.1) is 0 Å². The first-order valence-corrected chi connectivity index (χ1v) is 11.0. The first kappa shape index (κ1) is 19.0. The van der Waals surface area contributed by atoms with E-state index in [2.05, 4.69) is 10.3 Å². The molecule has 3 rings (SSSR count). The standard InChI is InChI=1S/C18H23N3O3S2/c1-13(2)26(23,24)21-11-10-15-16(12-21)25-18(19-15)20-17(22)9-8-14-6-4-3-5-7-14/h3-7,13H,8-12H2,1-2H3,(H,19,20,22). The summed E-state index contributed by atoms with van der Waals surface area (Å²) in [5, 5.41) is 2.96. The lowest BCUT2D eigenvalue weighted by atomic mass is 10.1. The largest absolute Gasteiger partial charge is 0.302 e. The van der Waals surface area contributed by atoms with E-state index in [4.69, 9.17) is 0 Å². The van der Waals surface area contributed by atoms with Crippen molar-refractivity contribution >= 4 is 32.4 Å². The van der Waals surface area contributed by atoms with Crippen LogP contribution in [0.5, 0.6) is 0 Å². The minimum absolute atomic E-state index is 0.0772. The minimum atomic E-state index is -3.27. The maximum Gasteiger partial charge on any atom is 0.226 e. The van der Waals surface area contributed by atoms with Crippen LogP contribution >= 0.6 is 11.3 Å². The topological polar surface area (TPSA) is 79.4 Å². The van der Waals surface area contributed by atoms with Gasteiger partial charge < -0.3 is 5.32 Å². The summed E-state index contributed by atoms with van der Waals surface area (Å²) in [6.45, 7) is 4.16. The summed E-state index contributed by atoms with van der Waals surface area (Å²) in [4.78, 5) is 17.5. The van der Waals surface area contributed by atoms with Crippen molar-refractivity contribution in [2.75, 3.05) is 11.9 Å². The van der Waals surface area contributed by atoms with Crippen molar-refractivity contribution in [1.82, 2.24) is 9.29 Å². The second-order valence-electron chi connectivity index (χ2n) is 6.60. The monoisotopic (exact) mass is 393 g/mol. The van der Waals surface area contributed by atoms with E-state index in [0.717, 1.165) is 16.1 Å². The fourth-order valence-electron chi connectivity index (χ4n) is 2.83. The normalized spacial score (nSPS) is 15.0. The number of rotatable bonds is 6. The van der Waals surface area contributed by atoms with E-state index in [1.165, 1.54) is 15.6 Å². The number of fused-ring (bicyclic) bond motifs is 1. The van der Waals surface area contributed by atoms with Gasteiger partial charge in [0.05, 0.1) is 10.9 Å². The van der Waals surface area contributed by atoms with Gasteiger partial charge in [0.15, 0.2) is 5.13 Å². The van der Waals surface area contributed by atoms with Gasteiger partial charge in [0, 0.05) is 30.8 Å². The van der Waals surface area contributed by atoms with Crippen molar-refractivity contribution in [3.8, 4) is 0 Å². The molecule has 0 saturated heterocycles. The second-order valence-corrected chi connectivity index (χ2v) is 10.2. The Morgan fingerprint density at radius 3 is 2.73 bits per heavy atom. The van der Waals surface area contributed by atoms with Gasteiger partial charge in [-0.15, -0.1) is 11.3 Å². The summed E-state index contributed by atoms with van der Waals surface area (Å²) in [6, 6.07) is 9.86. The Morgan fingerprint density at radius 2 is 2.04 bits per heavy atom. The van der Waals surface area contributed by atoms with Crippen LogP contribution in [-0.4, -0.2) is 35.4 Å². The SMILES string of the molecule is CC(C)S(=O)(=O)N1CCc2nc(NC(=O)CCc3ccccc3)sc2C1. The van der Waals surface area contributed by atoms with E-state index in [1.54, 1.807) is 13.8 Å². The van der Waals surface area contributed by atoms with Crippen molar-refractivity contribution in [3.05, 3.63) is 46.5 Å². The lowest BCUT2D eigenvalue weighted by Gasteiger charge is -2.26. The number of nitrogens with one attached hydrogen (secondary N) is 1. The minimum Gasteiger partial charge on any atom is -0.302 e. The molecule has 0 bridgehead atoms. The van der Waals surface area contributed by atoms with E-state index in [9.17, 15) is 13.2 Å². The summed E-state index contributed by atoms with van der Waals surface area (Å²) >= 11 is 1.37. The molecule has 1 N–H and O–H groups in total. The van der Waals surface area contributed by atoms with Crippen molar-refractivity contribution < 1.29 is 13.2 Å². The number of sulfonamides is 1. The number of anilines is 1. The summed E-state index contributed by atoms with van der Waals surface area (Å²) in [5.41, 5.74) is 2.01. The molecule has 1 amide bonds. The maximum atomic E-state index is 12.3. The van der Waals surface area contributed by atoms with Crippen molar-refractivity contribution in [1.29, 1.82) is 0 Å². The molecule has 1 aliphatic heterocycles. The van der Waals surface area contributed by atoms with Crippen LogP contribution in [0.2, 0.25) is 0 Å². The Kier molecular flexibility index (Phi) is 5.74. The van der Waals surface area contributed by atoms with Crippen LogP contribution < -0.4 is 5.32 Å². The number of carbonyl (C=O) groups is 1. The molecule has 0 spiro atoms. The first-order valence-electron chi connectivity index (χ1n) is 8.67. The Morgan fingerprint density at radius 1 is 1.31 bits per heavy atom.